The van der Waals surface area contributed by atoms with Gasteiger partial charge in [-0.1, -0.05) is 0 Å². The van der Waals surface area contributed by atoms with Crippen LogP contribution in [0, 0.1) is 6.92 Å². The monoisotopic (exact) mass is 217 g/mol. The van der Waals surface area contributed by atoms with Gasteiger partial charge >= 0.3 is 0 Å². The van der Waals surface area contributed by atoms with Crippen LogP contribution in [-0.4, -0.2) is 18.4 Å². The Balaban J connectivity index is 2.37. The fraction of sp³-hybridized carbons (Fsp3) is 0.500. The maximum absolute atomic E-state index is 10.7. The van der Waals surface area contributed by atoms with Gasteiger partial charge in [0.25, 0.3) is 0 Å². The van der Waals surface area contributed by atoms with Crippen molar-refractivity contribution in [2.45, 2.75) is 39.2 Å². The molecule has 1 aliphatic heterocycles. The summed E-state index contributed by atoms with van der Waals surface area (Å²) in [5.74, 6) is 0. The molecule has 1 saturated heterocycles. The lowest BCUT2D eigenvalue weighted by atomic mass is 10.0. The summed E-state index contributed by atoms with van der Waals surface area (Å²) in [5.41, 5.74) is 3.47. The minimum Gasteiger partial charge on any atom is -0.366 e. The topological polar surface area (TPSA) is 20.3 Å². The Kier molecular flexibility index (Phi) is 2.75. The molecule has 1 heterocycles. The number of hydrogen-bond donors (Lipinski definition) is 0. The van der Waals surface area contributed by atoms with Gasteiger partial charge in [0.1, 0.15) is 6.29 Å². The first kappa shape index (κ1) is 11.2. The highest BCUT2D eigenvalue weighted by molar-refractivity contribution is 5.77. The molecule has 0 saturated carbocycles. The lowest BCUT2D eigenvalue weighted by molar-refractivity contribution is 0.112. The predicted octanol–water partition coefficient (Wildman–Crippen LogP) is 3.19. The van der Waals surface area contributed by atoms with Gasteiger partial charge < -0.3 is 4.90 Å². The second-order valence-corrected chi connectivity index (χ2v) is 5.23. The second kappa shape index (κ2) is 3.93. The lowest BCUT2D eigenvalue weighted by Crippen LogP contribution is -2.38. The highest BCUT2D eigenvalue weighted by atomic mass is 16.1. The van der Waals surface area contributed by atoms with E-state index in [2.05, 4.69) is 31.7 Å². The first-order valence-corrected chi connectivity index (χ1v) is 5.88. The second-order valence-electron chi connectivity index (χ2n) is 5.23. The van der Waals surface area contributed by atoms with E-state index in [1.54, 1.807) is 0 Å². The first-order chi connectivity index (χ1) is 7.54. The minimum absolute atomic E-state index is 0.244. The van der Waals surface area contributed by atoms with E-state index in [9.17, 15) is 4.79 Å². The van der Waals surface area contributed by atoms with Crippen LogP contribution in [0.25, 0.3) is 0 Å². The average Bonchev–Trinajstić information content (AvgIpc) is 2.58. The standard InChI is InChI=1S/C14H19NO/c1-11-9-12(10-16)5-6-13(11)15-8-4-7-14(15,2)3/h5-6,9-10H,4,7-8H2,1-3H3. The summed E-state index contributed by atoms with van der Waals surface area (Å²) in [6, 6.07) is 5.95. The van der Waals surface area contributed by atoms with E-state index in [4.69, 9.17) is 0 Å². The Labute approximate surface area is 97.3 Å². The van der Waals surface area contributed by atoms with Crippen molar-refractivity contribution in [1.29, 1.82) is 0 Å². The Hall–Kier alpha value is -1.31. The van der Waals surface area contributed by atoms with E-state index in [0.717, 1.165) is 18.4 Å². The number of aldehydes is 1. The molecule has 1 aromatic carbocycles. The van der Waals surface area contributed by atoms with Crippen molar-refractivity contribution in [1.82, 2.24) is 0 Å². The van der Waals surface area contributed by atoms with E-state index in [0.29, 0.717) is 0 Å². The fourth-order valence-electron chi connectivity index (χ4n) is 2.61. The molecule has 2 nitrogen and oxygen atoms in total. The van der Waals surface area contributed by atoms with E-state index >= 15 is 0 Å². The highest BCUT2D eigenvalue weighted by Crippen LogP contribution is 2.35. The summed E-state index contributed by atoms with van der Waals surface area (Å²) >= 11 is 0. The average molecular weight is 217 g/mol. The first-order valence-electron chi connectivity index (χ1n) is 5.88. The molecule has 0 N–H and O–H groups in total. The van der Waals surface area contributed by atoms with Gasteiger partial charge in [-0.2, -0.15) is 0 Å². The highest BCUT2D eigenvalue weighted by Gasteiger charge is 2.32. The molecule has 0 atom stereocenters. The van der Waals surface area contributed by atoms with Crippen LogP contribution in [0.4, 0.5) is 5.69 Å². The van der Waals surface area contributed by atoms with Crippen LogP contribution in [0.1, 0.15) is 42.6 Å². The van der Waals surface area contributed by atoms with Crippen LogP contribution in [0.3, 0.4) is 0 Å². The molecule has 2 heteroatoms. The Morgan fingerprint density at radius 2 is 2.12 bits per heavy atom. The Morgan fingerprint density at radius 3 is 2.62 bits per heavy atom. The summed E-state index contributed by atoms with van der Waals surface area (Å²) in [7, 11) is 0. The van der Waals surface area contributed by atoms with Gasteiger partial charge in [0.05, 0.1) is 0 Å². The summed E-state index contributed by atoms with van der Waals surface area (Å²) in [6.07, 6.45) is 3.40. The van der Waals surface area contributed by atoms with E-state index in [1.807, 2.05) is 12.1 Å². The van der Waals surface area contributed by atoms with Crippen molar-refractivity contribution in [3.05, 3.63) is 29.3 Å². The van der Waals surface area contributed by atoms with Crippen molar-refractivity contribution in [2.24, 2.45) is 0 Å². The number of hydrogen-bond acceptors (Lipinski definition) is 2. The third-order valence-electron chi connectivity index (χ3n) is 3.55. The van der Waals surface area contributed by atoms with Gasteiger partial charge in [0.15, 0.2) is 0 Å². The maximum Gasteiger partial charge on any atom is 0.150 e. The number of nitrogens with zero attached hydrogens (tertiary/aromatic N) is 1. The van der Waals surface area contributed by atoms with Gasteiger partial charge in [-0.05, 0) is 57.4 Å². The largest absolute Gasteiger partial charge is 0.366 e. The number of rotatable bonds is 2. The van der Waals surface area contributed by atoms with Gasteiger partial charge in [0, 0.05) is 23.3 Å². The number of aryl methyl sites for hydroxylation is 1. The van der Waals surface area contributed by atoms with Gasteiger partial charge in [-0.15, -0.1) is 0 Å². The molecule has 2 rings (SSSR count). The van der Waals surface area contributed by atoms with Crippen LogP contribution < -0.4 is 4.90 Å². The number of carbonyl (C=O) groups excluding carboxylic acids is 1. The zero-order chi connectivity index (χ0) is 11.8. The molecule has 1 fully saturated rings. The van der Waals surface area contributed by atoms with E-state index in [-0.39, 0.29) is 5.54 Å². The minimum atomic E-state index is 0.244. The van der Waals surface area contributed by atoms with Crippen molar-refractivity contribution in [2.75, 3.05) is 11.4 Å². The van der Waals surface area contributed by atoms with Crippen LogP contribution >= 0.6 is 0 Å². The number of carbonyl (C=O) groups is 1. The van der Waals surface area contributed by atoms with Gasteiger partial charge in [-0.3, -0.25) is 4.79 Å². The third-order valence-corrected chi connectivity index (χ3v) is 3.55. The summed E-state index contributed by atoms with van der Waals surface area (Å²) in [4.78, 5) is 13.2. The molecular weight excluding hydrogens is 198 g/mol. The van der Waals surface area contributed by atoms with E-state index in [1.165, 1.54) is 24.1 Å². The van der Waals surface area contributed by atoms with Crippen molar-refractivity contribution >= 4 is 12.0 Å². The van der Waals surface area contributed by atoms with Crippen LogP contribution in [0.15, 0.2) is 18.2 Å². The quantitative estimate of drug-likeness (QED) is 0.709. The molecule has 0 aliphatic carbocycles. The molecule has 0 aromatic heterocycles. The number of benzene rings is 1. The van der Waals surface area contributed by atoms with Crippen molar-refractivity contribution in [3.8, 4) is 0 Å². The Morgan fingerprint density at radius 1 is 1.38 bits per heavy atom. The lowest BCUT2D eigenvalue weighted by Gasteiger charge is -2.34. The summed E-state index contributed by atoms with van der Waals surface area (Å²) < 4.78 is 0. The van der Waals surface area contributed by atoms with Gasteiger partial charge in [-0.25, -0.2) is 0 Å². The maximum atomic E-state index is 10.7. The molecule has 1 aliphatic rings. The third kappa shape index (κ3) is 1.84. The molecule has 0 bridgehead atoms. The zero-order valence-corrected chi connectivity index (χ0v) is 10.3. The molecule has 0 spiro atoms. The molecule has 86 valence electrons. The van der Waals surface area contributed by atoms with Crippen molar-refractivity contribution in [3.63, 3.8) is 0 Å². The zero-order valence-electron chi connectivity index (χ0n) is 10.3. The van der Waals surface area contributed by atoms with Crippen LogP contribution in [0.5, 0.6) is 0 Å². The normalized spacial score (nSPS) is 18.8. The van der Waals surface area contributed by atoms with E-state index < -0.39 is 0 Å². The van der Waals surface area contributed by atoms with Gasteiger partial charge in [0.2, 0.25) is 0 Å². The molecular formula is C14H19NO. The Bertz CT molecular complexity index is 409. The molecule has 0 unspecified atom stereocenters. The SMILES string of the molecule is Cc1cc(C=O)ccc1N1CCCC1(C)C. The van der Waals surface area contributed by atoms with Crippen LogP contribution in [0.2, 0.25) is 0 Å². The predicted molar refractivity (Wildman–Crippen MR) is 67.2 cm³/mol. The number of anilines is 1. The smallest absolute Gasteiger partial charge is 0.150 e. The molecule has 0 amide bonds. The fourth-order valence-corrected chi connectivity index (χ4v) is 2.61. The molecule has 1 aromatic rings. The summed E-state index contributed by atoms with van der Waals surface area (Å²) in [6.45, 7) is 7.77. The molecule has 0 radical (unpaired) electrons. The summed E-state index contributed by atoms with van der Waals surface area (Å²) in [5, 5.41) is 0. The molecule has 16 heavy (non-hydrogen) atoms. The van der Waals surface area contributed by atoms with Crippen LogP contribution in [-0.2, 0) is 0 Å². The van der Waals surface area contributed by atoms with Crippen molar-refractivity contribution < 1.29 is 4.79 Å².